The molecule has 0 saturated heterocycles. The van der Waals surface area contributed by atoms with Crippen LogP contribution in [0.1, 0.15) is 5.56 Å². The average molecular weight is 187 g/mol. The first-order chi connectivity index (χ1) is 6.79. The summed E-state index contributed by atoms with van der Waals surface area (Å²) in [7, 11) is 1.93. The van der Waals surface area contributed by atoms with Gasteiger partial charge in [-0.15, -0.1) is 0 Å². The lowest BCUT2D eigenvalue weighted by Gasteiger charge is -2.14. The third-order valence-corrected chi connectivity index (χ3v) is 2.10. The normalized spacial score (nSPS) is 13.6. The summed E-state index contributed by atoms with van der Waals surface area (Å²) in [6, 6.07) is 6.18. The molecule has 0 aliphatic carbocycles. The van der Waals surface area contributed by atoms with Crippen LogP contribution in [0.4, 0.5) is 11.4 Å². The molecule has 0 saturated carbocycles. The highest BCUT2D eigenvalue weighted by Crippen LogP contribution is 2.29. The third-order valence-electron chi connectivity index (χ3n) is 2.10. The summed E-state index contributed by atoms with van der Waals surface area (Å²) < 4.78 is 0. The average Bonchev–Trinajstić information content (AvgIpc) is 2.19. The van der Waals surface area contributed by atoms with E-state index in [1.165, 1.54) is 5.56 Å². The van der Waals surface area contributed by atoms with Gasteiger partial charge in [0.05, 0.1) is 17.6 Å². The van der Waals surface area contributed by atoms with Gasteiger partial charge in [0.15, 0.2) is 0 Å². The highest BCUT2D eigenvalue weighted by atomic mass is 15.0. The molecule has 1 aliphatic rings. The van der Waals surface area contributed by atoms with E-state index in [0.717, 1.165) is 23.6 Å². The zero-order valence-corrected chi connectivity index (χ0v) is 8.17. The van der Waals surface area contributed by atoms with Gasteiger partial charge < -0.3 is 10.6 Å². The van der Waals surface area contributed by atoms with Gasteiger partial charge >= 0.3 is 0 Å². The number of allylic oxidation sites excluding steroid dienone is 1. The van der Waals surface area contributed by atoms with Gasteiger partial charge in [-0.2, -0.15) is 0 Å². The number of benzene rings is 1. The van der Waals surface area contributed by atoms with Crippen molar-refractivity contribution in [3.8, 4) is 0 Å². The summed E-state index contributed by atoms with van der Waals surface area (Å²) in [5.74, 6) is 0. The monoisotopic (exact) mass is 187 g/mol. The number of hydrogen-bond acceptors (Lipinski definition) is 3. The second kappa shape index (κ2) is 3.64. The Balaban J connectivity index is 2.34. The van der Waals surface area contributed by atoms with Crippen molar-refractivity contribution in [3.05, 3.63) is 36.0 Å². The van der Waals surface area contributed by atoms with Gasteiger partial charge in [-0.05, 0) is 24.7 Å². The molecule has 1 aliphatic heterocycles. The number of aliphatic imine (C=N–C) groups is 1. The molecule has 0 unspecified atom stereocenters. The largest absolute Gasteiger partial charge is 0.353 e. The molecule has 72 valence electrons. The van der Waals surface area contributed by atoms with E-state index >= 15 is 0 Å². The van der Waals surface area contributed by atoms with E-state index in [9.17, 15) is 0 Å². The molecule has 14 heavy (non-hydrogen) atoms. The molecule has 0 amide bonds. The van der Waals surface area contributed by atoms with Gasteiger partial charge in [0.1, 0.15) is 0 Å². The van der Waals surface area contributed by atoms with Gasteiger partial charge in [0.2, 0.25) is 0 Å². The first-order valence-corrected chi connectivity index (χ1v) is 4.57. The Morgan fingerprint density at radius 3 is 3.14 bits per heavy atom. The van der Waals surface area contributed by atoms with Crippen LogP contribution < -0.4 is 10.6 Å². The Bertz CT molecular complexity index is 394. The Kier molecular flexibility index (Phi) is 2.33. The van der Waals surface area contributed by atoms with Crippen molar-refractivity contribution in [1.82, 2.24) is 5.32 Å². The maximum Gasteiger partial charge on any atom is 0.0868 e. The van der Waals surface area contributed by atoms with Crippen molar-refractivity contribution >= 4 is 17.6 Å². The fourth-order valence-electron chi connectivity index (χ4n) is 1.46. The van der Waals surface area contributed by atoms with E-state index < -0.39 is 0 Å². The fourth-order valence-corrected chi connectivity index (χ4v) is 1.46. The Labute approximate surface area is 83.6 Å². The minimum absolute atomic E-state index is 0.832. The van der Waals surface area contributed by atoms with Crippen LogP contribution in [0.15, 0.2) is 35.5 Å². The molecule has 3 nitrogen and oxygen atoms in total. The van der Waals surface area contributed by atoms with Crippen molar-refractivity contribution in [2.24, 2.45) is 4.99 Å². The predicted molar refractivity (Wildman–Crippen MR) is 60.1 cm³/mol. The number of nitrogens with zero attached hydrogens (tertiary/aromatic N) is 1. The molecule has 0 aromatic heterocycles. The molecule has 0 radical (unpaired) electrons. The van der Waals surface area contributed by atoms with Gasteiger partial charge in [-0.25, -0.2) is 0 Å². The maximum absolute atomic E-state index is 4.30. The molecule has 0 atom stereocenters. The molecule has 1 aromatic carbocycles. The van der Waals surface area contributed by atoms with Crippen LogP contribution in [-0.2, 0) is 6.54 Å². The summed E-state index contributed by atoms with van der Waals surface area (Å²) in [4.78, 5) is 4.30. The van der Waals surface area contributed by atoms with Crippen LogP contribution >= 0.6 is 0 Å². The van der Waals surface area contributed by atoms with E-state index in [-0.39, 0.29) is 0 Å². The summed E-state index contributed by atoms with van der Waals surface area (Å²) in [5.41, 5.74) is 4.07. The van der Waals surface area contributed by atoms with Crippen LogP contribution in [0.25, 0.3) is 0 Å². The van der Waals surface area contributed by atoms with Crippen LogP contribution in [0.3, 0.4) is 0 Å². The predicted octanol–water partition coefficient (Wildman–Crippen LogP) is 2.05. The lowest BCUT2D eigenvalue weighted by atomic mass is 10.1. The van der Waals surface area contributed by atoms with Gasteiger partial charge in [0, 0.05) is 12.2 Å². The van der Waals surface area contributed by atoms with Crippen molar-refractivity contribution in [2.75, 3.05) is 12.4 Å². The first-order valence-electron chi connectivity index (χ1n) is 4.57. The van der Waals surface area contributed by atoms with Gasteiger partial charge in [-0.1, -0.05) is 12.6 Å². The summed E-state index contributed by atoms with van der Waals surface area (Å²) in [6.45, 7) is 4.66. The molecular weight excluding hydrogens is 174 g/mol. The van der Waals surface area contributed by atoms with Crippen LogP contribution in [0, 0.1) is 0 Å². The second-order valence-electron chi connectivity index (χ2n) is 3.29. The SMILES string of the molecule is C=C1C=Nc2cc(CNC)ccc2N1. The lowest BCUT2D eigenvalue weighted by molar-refractivity contribution is 0.818. The zero-order valence-electron chi connectivity index (χ0n) is 8.17. The molecule has 0 bridgehead atoms. The number of anilines is 1. The Hall–Kier alpha value is -1.61. The molecule has 0 spiro atoms. The van der Waals surface area contributed by atoms with E-state index in [1.54, 1.807) is 6.21 Å². The highest BCUT2D eigenvalue weighted by Gasteiger charge is 2.06. The van der Waals surface area contributed by atoms with E-state index in [4.69, 9.17) is 0 Å². The number of fused-ring (bicyclic) bond motifs is 1. The van der Waals surface area contributed by atoms with E-state index in [1.807, 2.05) is 13.1 Å². The quantitative estimate of drug-likeness (QED) is 0.743. The molecule has 3 heteroatoms. The summed E-state index contributed by atoms with van der Waals surface area (Å²) >= 11 is 0. The van der Waals surface area contributed by atoms with Crippen LogP contribution in [0.2, 0.25) is 0 Å². The second-order valence-corrected chi connectivity index (χ2v) is 3.29. The topological polar surface area (TPSA) is 36.4 Å². The number of hydrogen-bond donors (Lipinski definition) is 2. The molecule has 1 aromatic rings. The van der Waals surface area contributed by atoms with E-state index in [2.05, 4.69) is 34.3 Å². The third kappa shape index (κ3) is 1.67. The minimum atomic E-state index is 0.832. The van der Waals surface area contributed by atoms with Crippen molar-refractivity contribution in [2.45, 2.75) is 6.54 Å². The standard InChI is InChI=1S/C11H13N3/c1-8-6-13-11-5-9(7-12-2)3-4-10(11)14-8/h3-6,12,14H,1,7H2,2H3. The Morgan fingerprint density at radius 1 is 1.50 bits per heavy atom. The molecule has 0 fully saturated rings. The van der Waals surface area contributed by atoms with Crippen LogP contribution in [-0.4, -0.2) is 13.3 Å². The molecule has 1 heterocycles. The smallest absolute Gasteiger partial charge is 0.0868 e. The molecule has 2 N–H and O–H groups in total. The summed E-state index contributed by atoms with van der Waals surface area (Å²) in [6.07, 6.45) is 1.74. The van der Waals surface area contributed by atoms with Crippen LogP contribution in [0.5, 0.6) is 0 Å². The van der Waals surface area contributed by atoms with Gasteiger partial charge in [0.25, 0.3) is 0 Å². The fraction of sp³-hybridized carbons (Fsp3) is 0.182. The first kappa shape index (κ1) is 8.97. The molecular formula is C11H13N3. The zero-order chi connectivity index (χ0) is 9.97. The summed E-state index contributed by atoms with van der Waals surface area (Å²) in [5, 5.41) is 6.27. The highest BCUT2D eigenvalue weighted by molar-refractivity contribution is 5.91. The number of rotatable bonds is 2. The van der Waals surface area contributed by atoms with Crippen molar-refractivity contribution in [3.63, 3.8) is 0 Å². The number of nitrogens with one attached hydrogen (secondary N) is 2. The lowest BCUT2D eigenvalue weighted by Crippen LogP contribution is -2.07. The molecule has 2 rings (SSSR count). The maximum atomic E-state index is 4.30. The minimum Gasteiger partial charge on any atom is -0.353 e. The Morgan fingerprint density at radius 2 is 2.36 bits per heavy atom. The van der Waals surface area contributed by atoms with E-state index in [0.29, 0.717) is 0 Å². The van der Waals surface area contributed by atoms with Crippen molar-refractivity contribution < 1.29 is 0 Å². The van der Waals surface area contributed by atoms with Gasteiger partial charge in [-0.3, -0.25) is 4.99 Å². The van der Waals surface area contributed by atoms with Crippen molar-refractivity contribution in [1.29, 1.82) is 0 Å².